The monoisotopic (exact) mass is 362 g/mol. The Bertz CT molecular complexity index is 497. The van der Waals surface area contributed by atoms with Crippen molar-refractivity contribution in [2.24, 2.45) is 11.8 Å². The predicted molar refractivity (Wildman–Crippen MR) is 115 cm³/mol. The smallest absolute Gasteiger partial charge is 0.126 e. The molecule has 25 heavy (non-hydrogen) atoms. The zero-order valence-electron chi connectivity index (χ0n) is 16.8. The van der Waals surface area contributed by atoms with Gasteiger partial charge in [0.1, 0.15) is 8.24 Å². The van der Waals surface area contributed by atoms with Gasteiger partial charge >= 0.3 is 0 Å². The third kappa shape index (κ3) is 3.84. The minimum absolute atomic E-state index is 0. The highest BCUT2D eigenvalue weighted by Crippen LogP contribution is 2.53. The number of likely N-dealkylation sites (tertiary alicyclic amines) is 1. The molecule has 1 aliphatic heterocycles. The molecule has 0 spiro atoms. The van der Waals surface area contributed by atoms with E-state index in [1.54, 1.807) is 0 Å². The molecule has 0 aromatic carbocycles. The zero-order chi connectivity index (χ0) is 17.5. The highest BCUT2D eigenvalue weighted by atomic mass is 28.3. The minimum atomic E-state index is -1.51. The lowest BCUT2D eigenvalue weighted by atomic mass is 9.89. The van der Waals surface area contributed by atoms with Crippen molar-refractivity contribution in [1.29, 1.82) is 0 Å². The van der Waals surface area contributed by atoms with Crippen LogP contribution in [0.1, 0.15) is 54.4 Å². The van der Waals surface area contributed by atoms with Gasteiger partial charge in [-0.05, 0) is 77.0 Å². The van der Waals surface area contributed by atoms with Crippen LogP contribution in [0.5, 0.6) is 0 Å². The normalized spacial score (nSPS) is 32.9. The molecule has 3 aliphatic rings. The summed E-state index contributed by atoms with van der Waals surface area (Å²) in [6, 6.07) is 0.786. The summed E-state index contributed by atoms with van der Waals surface area (Å²) in [5.41, 5.74) is 1.15. The molecule has 4 atom stereocenters. The molecule has 3 heteroatoms. The molecule has 2 aliphatic carbocycles. The van der Waals surface area contributed by atoms with E-state index >= 15 is 0 Å². The van der Waals surface area contributed by atoms with E-state index in [0.717, 1.165) is 23.4 Å². The van der Waals surface area contributed by atoms with Crippen molar-refractivity contribution in [1.82, 2.24) is 9.47 Å². The van der Waals surface area contributed by atoms with Gasteiger partial charge in [0.2, 0.25) is 0 Å². The summed E-state index contributed by atoms with van der Waals surface area (Å²) in [6.07, 6.45) is 13.9. The Kier molecular flexibility index (Phi) is 6.44. The van der Waals surface area contributed by atoms with Gasteiger partial charge in [-0.1, -0.05) is 51.7 Å². The van der Waals surface area contributed by atoms with Gasteiger partial charge in [0.25, 0.3) is 0 Å². The highest BCUT2D eigenvalue weighted by Gasteiger charge is 2.53. The van der Waals surface area contributed by atoms with Crippen LogP contribution < -0.4 is 0 Å². The van der Waals surface area contributed by atoms with Crippen LogP contribution in [-0.2, 0) is 0 Å². The first-order chi connectivity index (χ1) is 11.3. The molecule has 0 N–H and O–H groups in total. The summed E-state index contributed by atoms with van der Waals surface area (Å²) in [5, 5.41) is 0. The molecule has 1 saturated heterocycles. The Morgan fingerprint density at radius 2 is 1.60 bits per heavy atom. The largest absolute Gasteiger partial charge is 0.319 e. The number of allylic oxidation sites excluding steroid dienone is 3. The first-order valence-corrected chi connectivity index (χ1v) is 13.2. The van der Waals surface area contributed by atoms with Crippen molar-refractivity contribution in [3.05, 3.63) is 24.3 Å². The van der Waals surface area contributed by atoms with E-state index in [4.69, 9.17) is 0 Å². The lowest BCUT2D eigenvalue weighted by Gasteiger charge is -2.50. The molecular weight excluding hydrogens is 320 g/mol. The summed E-state index contributed by atoms with van der Waals surface area (Å²) < 4.78 is 2.88. The van der Waals surface area contributed by atoms with Crippen molar-refractivity contribution < 1.29 is 0 Å². The van der Waals surface area contributed by atoms with Crippen LogP contribution in [0.2, 0.25) is 18.6 Å². The summed E-state index contributed by atoms with van der Waals surface area (Å²) in [4.78, 5) is 2.82. The Hall–Kier alpha value is -0.383. The highest BCUT2D eigenvalue weighted by molar-refractivity contribution is 6.76. The second-order valence-electron chi connectivity index (χ2n) is 9.65. The number of nitrogens with zero attached hydrogens (tertiary/aromatic N) is 2. The van der Waals surface area contributed by atoms with Gasteiger partial charge < -0.3 is 4.57 Å². The fourth-order valence-electron chi connectivity index (χ4n) is 6.17. The predicted octanol–water partition coefficient (Wildman–Crippen LogP) is 5.54. The average molecular weight is 363 g/mol. The van der Waals surface area contributed by atoms with E-state index in [0.29, 0.717) is 0 Å². The maximum absolute atomic E-state index is 2.88. The van der Waals surface area contributed by atoms with Gasteiger partial charge in [-0.2, -0.15) is 0 Å². The molecule has 0 aromatic rings. The number of rotatable bonds is 4. The molecule has 1 heterocycles. The van der Waals surface area contributed by atoms with Crippen LogP contribution in [0.15, 0.2) is 24.3 Å². The van der Waals surface area contributed by atoms with E-state index in [1.165, 1.54) is 38.9 Å². The fraction of sp³-hybridized carbons (Fsp3) is 0.818. The first-order valence-electron chi connectivity index (χ1n) is 10.1. The van der Waals surface area contributed by atoms with E-state index in [9.17, 15) is 0 Å². The molecule has 4 unspecified atom stereocenters. The standard InChI is InChI=1S/C21H38N2Si.CH4/c1-7-23(21(2,3)4)24(5,6)20-16-19(22-14-10-11-15-22)17-12-8-9-13-18(17)20;/h8-9,12-13,17-20H,7,10-11,14-16H2,1-6H3;1H4. The lowest BCUT2D eigenvalue weighted by molar-refractivity contribution is 0.210. The van der Waals surface area contributed by atoms with Crippen LogP contribution in [0.4, 0.5) is 0 Å². The molecule has 0 radical (unpaired) electrons. The molecule has 0 aromatic heterocycles. The molecule has 0 bridgehead atoms. The maximum atomic E-state index is 2.88. The average Bonchev–Trinajstić information content (AvgIpc) is 3.13. The molecule has 2 nitrogen and oxygen atoms in total. The third-order valence-corrected chi connectivity index (χ3v) is 11.8. The quantitative estimate of drug-likeness (QED) is 0.605. The molecule has 1 saturated carbocycles. The van der Waals surface area contributed by atoms with Crippen LogP contribution in [0, 0.1) is 11.8 Å². The Morgan fingerprint density at radius 3 is 2.12 bits per heavy atom. The molecule has 144 valence electrons. The molecule has 3 rings (SSSR count). The number of hydrogen-bond donors (Lipinski definition) is 0. The third-order valence-electron chi connectivity index (χ3n) is 6.97. The van der Waals surface area contributed by atoms with E-state index in [2.05, 4.69) is 74.6 Å². The molecule has 2 fully saturated rings. The Morgan fingerprint density at radius 1 is 1.04 bits per heavy atom. The van der Waals surface area contributed by atoms with E-state index in [-0.39, 0.29) is 13.0 Å². The second kappa shape index (κ2) is 7.70. The van der Waals surface area contributed by atoms with Crippen molar-refractivity contribution in [3.8, 4) is 0 Å². The van der Waals surface area contributed by atoms with Gasteiger partial charge in [-0.3, -0.25) is 4.90 Å². The van der Waals surface area contributed by atoms with Crippen LogP contribution in [0.25, 0.3) is 0 Å². The summed E-state index contributed by atoms with van der Waals surface area (Å²) in [6.45, 7) is 18.7. The van der Waals surface area contributed by atoms with Gasteiger partial charge in [0, 0.05) is 11.6 Å². The van der Waals surface area contributed by atoms with Gasteiger partial charge in [0.15, 0.2) is 0 Å². The van der Waals surface area contributed by atoms with Crippen molar-refractivity contribution in [2.45, 2.75) is 84.6 Å². The molecular formula is C22H42N2Si. The summed E-state index contributed by atoms with van der Waals surface area (Å²) in [5.74, 6) is 1.52. The summed E-state index contributed by atoms with van der Waals surface area (Å²) in [7, 11) is -1.51. The summed E-state index contributed by atoms with van der Waals surface area (Å²) >= 11 is 0. The fourth-order valence-corrected chi connectivity index (χ4v) is 11.2. The first kappa shape index (κ1) is 20.9. The Labute approximate surface area is 158 Å². The minimum Gasteiger partial charge on any atom is -0.319 e. The number of hydrogen-bond acceptors (Lipinski definition) is 2. The lowest BCUT2D eigenvalue weighted by Crippen LogP contribution is -2.60. The second-order valence-corrected chi connectivity index (χ2v) is 14.2. The van der Waals surface area contributed by atoms with Gasteiger partial charge in [-0.25, -0.2) is 0 Å². The van der Waals surface area contributed by atoms with E-state index < -0.39 is 8.24 Å². The van der Waals surface area contributed by atoms with Crippen molar-refractivity contribution >= 4 is 8.24 Å². The Balaban J connectivity index is 0.00000225. The van der Waals surface area contributed by atoms with Crippen LogP contribution >= 0.6 is 0 Å². The van der Waals surface area contributed by atoms with Crippen molar-refractivity contribution in [3.63, 3.8) is 0 Å². The van der Waals surface area contributed by atoms with E-state index in [1.807, 2.05) is 0 Å². The topological polar surface area (TPSA) is 6.48 Å². The SMILES string of the molecule is C.CCN(C(C)(C)C)[Si](C)(C)C1CC(N2CCCC2)C2C=CC=CC21. The zero-order valence-corrected chi connectivity index (χ0v) is 17.8. The van der Waals surface area contributed by atoms with Crippen LogP contribution in [-0.4, -0.2) is 48.9 Å². The molecule has 0 amide bonds. The van der Waals surface area contributed by atoms with Gasteiger partial charge in [-0.15, -0.1) is 0 Å². The van der Waals surface area contributed by atoms with Gasteiger partial charge in [0.05, 0.1) is 0 Å². The van der Waals surface area contributed by atoms with Crippen molar-refractivity contribution in [2.75, 3.05) is 19.6 Å². The number of fused-ring (bicyclic) bond motifs is 1. The van der Waals surface area contributed by atoms with Crippen LogP contribution in [0.3, 0.4) is 0 Å². The maximum Gasteiger partial charge on any atom is 0.126 e.